The van der Waals surface area contributed by atoms with E-state index in [0.29, 0.717) is 4.88 Å². The molecule has 0 atom stereocenters. The van der Waals surface area contributed by atoms with Gasteiger partial charge in [0.05, 0.1) is 22.5 Å². The first-order valence-corrected chi connectivity index (χ1v) is 10.0. The Morgan fingerprint density at radius 3 is 2.59 bits per heavy atom. The Balaban J connectivity index is 1.44. The fourth-order valence-electron chi connectivity index (χ4n) is 2.49. The Morgan fingerprint density at radius 2 is 1.89 bits per heavy atom. The number of pyridine rings is 1. The molecule has 27 heavy (non-hydrogen) atoms. The van der Waals surface area contributed by atoms with Crippen LogP contribution in [0.25, 0.3) is 11.3 Å². The second-order valence-electron chi connectivity index (χ2n) is 5.92. The average Bonchev–Trinajstić information content (AvgIpc) is 3.32. The third-order valence-corrected chi connectivity index (χ3v) is 5.61. The van der Waals surface area contributed by atoms with Crippen molar-refractivity contribution < 1.29 is 4.79 Å². The van der Waals surface area contributed by atoms with Gasteiger partial charge in [-0.1, -0.05) is 12.1 Å². The summed E-state index contributed by atoms with van der Waals surface area (Å²) < 4.78 is 0. The van der Waals surface area contributed by atoms with E-state index in [0.717, 1.165) is 33.3 Å². The van der Waals surface area contributed by atoms with Crippen LogP contribution in [0, 0.1) is 6.92 Å². The highest BCUT2D eigenvalue weighted by molar-refractivity contribution is 7.14. The number of carbonyl (C=O) groups is 1. The van der Waals surface area contributed by atoms with Gasteiger partial charge in [0, 0.05) is 22.8 Å². The summed E-state index contributed by atoms with van der Waals surface area (Å²) in [5.74, 6) is -0.0857. The third kappa shape index (κ3) is 4.21. The second-order valence-corrected chi connectivity index (χ2v) is 7.69. The maximum absolute atomic E-state index is 12.2. The molecule has 7 heteroatoms. The molecule has 3 heterocycles. The summed E-state index contributed by atoms with van der Waals surface area (Å²) >= 11 is 2.98. The first-order valence-electron chi connectivity index (χ1n) is 8.27. The van der Waals surface area contributed by atoms with Crippen molar-refractivity contribution in [2.75, 3.05) is 10.6 Å². The molecule has 1 aromatic carbocycles. The van der Waals surface area contributed by atoms with Crippen molar-refractivity contribution in [1.29, 1.82) is 0 Å². The average molecular weight is 393 g/mol. The molecule has 0 saturated carbocycles. The lowest BCUT2D eigenvalue weighted by atomic mass is 10.1. The lowest BCUT2D eigenvalue weighted by Gasteiger charge is -2.04. The molecule has 134 valence electrons. The van der Waals surface area contributed by atoms with Crippen molar-refractivity contribution in [3.63, 3.8) is 0 Å². The van der Waals surface area contributed by atoms with Crippen LogP contribution in [0.2, 0.25) is 0 Å². The molecule has 0 radical (unpaired) electrons. The molecule has 0 bridgehead atoms. The molecule has 2 N–H and O–H groups in total. The van der Waals surface area contributed by atoms with Crippen molar-refractivity contribution in [1.82, 2.24) is 9.97 Å². The van der Waals surface area contributed by atoms with Crippen LogP contribution in [0.3, 0.4) is 0 Å². The van der Waals surface area contributed by atoms with Gasteiger partial charge in [-0.15, -0.1) is 22.7 Å². The van der Waals surface area contributed by atoms with Gasteiger partial charge in [0.15, 0.2) is 5.13 Å². The maximum Gasteiger partial charge on any atom is 0.265 e. The molecule has 1 amide bonds. The number of amides is 1. The van der Waals surface area contributed by atoms with Crippen LogP contribution >= 0.6 is 22.7 Å². The molecule has 0 aliphatic rings. The predicted molar refractivity (Wildman–Crippen MR) is 112 cm³/mol. The molecule has 0 spiro atoms. The van der Waals surface area contributed by atoms with Crippen LogP contribution in [-0.2, 0) is 0 Å². The Morgan fingerprint density at radius 1 is 1.04 bits per heavy atom. The van der Waals surface area contributed by atoms with E-state index < -0.39 is 0 Å². The third-order valence-electron chi connectivity index (χ3n) is 3.81. The van der Waals surface area contributed by atoms with Gasteiger partial charge < -0.3 is 10.6 Å². The predicted octanol–water partition coefficient (Wildman–Crippen LogP) is 5.57. The number of hydrogen-bond donors (Lipinski definition) is 2. The van der Waals surface area contributed by atoms with Gasteiger partial charge in [0.25, 0.3) is 5.91 Å². The van der Waals surface area contributed by atoms with Crippen LogP contribution in [0.1, 0.15) is 15.2 Å². The zero-order valence-electron chi connectivity index (χ0n) is 14.5. The number of hydrogen-bond acceptors (Lipinski definition) is 6. The molecule has 3 aromatic heterocycles. The number of aryl methyl sites for hydroxylation is 1. The molecular weight excluding hydrogens is 376 g/mol. The number of anilines is 3. The Kier molecular flexibility index (Phi) is 4.95. The molecule has 4 aromatic rings. The highest BCUT2D eigenvalue weighted by Crippen LogP contribution is 2.28. The molecular formula is C20H16N4OS2. The number of thiophene rings is 1. The number of rotatable bonds is 5. The zero-order valence-corrected chi connectivity index (χ0v) is 16.1. The first-order chi connectivity index (χ1) is 13.2. The Hall–Kier alpha value is -3.03. The number of benzene rings is 1. The summed E-state index contributed by atoms with van der Waals surface area (Å²) in [6.45, 7) is 1.98. The van der Waals surface area contributed by atoms with E-state index in [1.54, 1.807) is 12.4 Å². The van der Waals surface area contributed by atoms with Gasteiger partial charge in [-0.25, -0.2) is 4.98 Å². The number of nitrogens with zero attached hydrogens (tertiary/aromatic N) is 2. The van der Waals surface area contributed by atoms with E-state index in [1.807, 2.05) is 60.1 Å². The highest BCUT2D eigenvalue weighted by Gasteiger charge is 2.09. The van der Waals surface area contributed by atoms with Crippen LogP contribution < -0.4 is 10.6 Å². The topological polar surface area (TPSA) is 66.9 Å². The van der Waals surface area contributed by atoms with Crippen LogP contribution in [0.15, 0.2) is 65.6 Å². The minimum atomic E-state index is -0.0857. The summed E-state index contributed by atoms with van der Waals surface area (Å²) in [4.78, 5) is 21.6. The SMILES string of the molecule is Cc1csc(C(=O)Nc2ccc(-c3csc(Nc4cccnc4)n3)cc2)c1. The van der Waals surface area contributed by atoms with Gasteiger partial charge in [-0.05, 0) is 48.2 Å². The number of nitrogens with one attached hydrogen (secondary N) is 2. The molecule has 0 fully saturated rings. The summed E-state index contributed by atoms with van der Waals surface area (Å²) in [6.07, 6.45) is 3.49. The molecule has 4 rings (SSSR count). The molecule has 0 unspecified atom stereocenters. The van der Waals surface area contributed by atoms with Crippen molar-refractivity contribution in [3.8, 4) is 11.3 Å². The summed E-state index contributed by atoms with van der Waals surface area (Å²) in [6, 6.07) is 13.4. The van der Waals surface area contributed by atoms with E-state index >= 15 is 0 Å². The minimum Gasteiger partial charge on any atom is -0.330 e. The van der Waals surface area contributed by atoms with Crippen LogP contribution in [0.4, 0.5) is 16.5 Å². The Labute approximate surface area is 164 Å². The van der Waals surface area contributed by atoms with Gasteiger partial charge in [0.1, 0.15) is 0 Å². The van der Waals surface area contributed by atoms with E-state index in [2.05, 4.69) is 20.6 Å². The number of thiazole rings is 1. The fourth-order valence-corrected chi connectivity index (χ4v) is 4.02. The fraction of sp³-hybridized carbons (Fsp3) is 0.0500. The minimum absolute atomic E-state index is 0.0857. The van der Waals surface area contributed by atoms with Gasteiger partial charge >= 0.3 is 0 Å². The standard InChI is InChI=1S/C20H16N4OS2/c1-13-9-18(26-11-13)19(25)22-15-6-4-14(5-7-15)17-12-27-20(24-17)23-16-3-2-8-21-10-16/h2-12H,1H3,(H,22,25)(H,23,24). The lowest BCUT2D eigenvalue weighted by Crippen LogP contribution is -2.09. The molecule has 0 saturated heterocycles. The summed E-state index contributed by atoms with van der Waals surface area (Å²) in [5.41, 5.74) is 4.65. The van der Waals surface area contributed by atoms with Crippen molar-refractivity contribution in [2.45, 2.75) is 6.92 Å². The number of aromatic nitrogens is 2. The lowest BCUT2D eigenvalue weighted by molar-refractivity contribution is 0.103. The van der Waals surface area contributed by atoms with Crippen molar-refractivity contribution >= 4 is 45.1 Å². The van der Waals surface area contributed by atoms with Gasteiger partial charge in [-0.2, -0.15) is 0 Å². The van der Waals surface area contributed by atoms with E-state index in [9.17, 15) is 4.79 Å². The van der Waals surface area contributed by atoms with E-state index in [-0.39, 0.29) is 5.91 Å². The Bertz CT molecular complexity index is 1060. The smallest absolute Gasteiger partial charge is 0.265 e. The first kappa shape index (κ1) is 17.4. The second kappa shape index (κ2) is 7.69. The summed E-state index contributed by atoms with van der Waals surface area (Å²) in [7, 11) is 0. The monoisotopic (exact) mass is 392 g/mol. The number of carbonyl (C=O) groups excluding carboxylic acids is 1. The largest absolute Gasteiger partial charge is 0.330 e. The normalized spacial score (nSPS) is 10.6. The molecule has 5 nitrogen and oxygen atoms in total. The van der Waals surface area contributed by atoms with Crippen LogP contribution in [0.5, 0.6) is 0 Å². The van der Waals surface area contributed by atoms with Gasteiger partial charge in [-0.3, -0.25) is 9.78 Å². The molecule has 0 aliphatic heterocycles. The molecule has 0 aliphatic carbocycles. The summed E-state index contributed by atoms with van der Waals surface area (Å²) in [5, 5.41) is 10.9. The van der Waals surface area contributed by atoms with Gasteiger partial charge in [0.2, 0.25) is 0 Å². The maximum atomic E-state index is 12.2. The zero-order chi connectivity index (χ0) is 18.6. The van der Waals surface area contributed by atoms with E-state index in [1.165, 1.54) is 22.7 Å². The van der Waals surface area contributed by atoms with Crippen molar-refractivity contribution in [3.05, 3.63) is 76.1 Å². The quantitative estimate of drug-likeness (QED) is 0.466. The van der Waals surface area contributed by atoms with Crippen molar-refractivity contribution in [2.24, 2.45) is 0 Å². The van der Waals surface area contributed by atoms with Crippen LogP contribution in [-0.4, -0.2) is 15.9 Å². The highest BCUT2D eigenvalue weighted by atomic mass is 32.1. The van der Waals surface area contributed by atoms with E-state index in [4.69, 9.17) is 0 Å².